The molecule has 76 valence electrons. The van der Waals surface area contributed by atoms with Crippen LogP contribution in [0.4, 0.5) is 4.79 Å². The van der Waals surface area contributed by atoms with Crippen molar-refractivity contribution in [2.45, 2.75) is 32.6 Å². The van der Waals surface area contributed by atoms with Crippen LogP contribution in [0.2, 0.25) is 0 Å². The lowest BCUT2D eigenvalue weighted by molar-refractivity contribution is 0.210. The van der Waals surface area contributed by atoms with Gasteiger partial charge in [-0.05, 0) is 25.7 Å². The summed E-state index contributed by atoms with van der Waals surface area (Å²) in [7, 11) is -1.28. The van der Waals surface area contributed by atoms with Gasteiger partial charge >= 0.3 is 5.24 Å². The molecule has 1 heterocycles. The first-order chi connectivity index (χ1) is 6.25. The molecule has 1 rings (SSSR count). The minimum absolute atomic E-state index is 0.151. The van der Waals surface area contributed by atoms with E-state index in [1.54, 1.807) is 4.90 Å². The van der Waals surface area contributed by atoms with Gasteiger partial charge in [-0.15, -0.1) is 0 Å². The summed E-state index contributed by atoms with van der Waals surface area (Å²) in [6.07, 6.45) is 4.14. The van der Waals surface area contributed by atoms with Crippen LogP contribution in [-0.4, -0.2) is 33.2 Å². The molecule has 13 heavy (non-hydrogen) atoms. The smallest absolute Gasteiger partial charge is 0.311 e. The first kappa shape index (κ1) is 10.7. The van der Waals surface area contributed by atoms with Gasteiger partial charge in [0.1, 0.15) is 10.8 Å². The number of rotatable bonds is 2. The van der Waals surface area contributed by atoms with Crippen molar-refractivity contribution in [3.05, 3.63) is 0 Å². The molecule has 3 nitrogen and oxygen atoms in total. The normalized spacial score (nSPS) is 19.9. The van der Waals surface area contributed by atoms with Crippen LogP contribution in [0.1, 0.15) is 32.6 Å². The van der Waals surface area contributed by atoms with Crippen molar-refractivity contribution in [3.8, 4) is 0 Å². The van der Waals surface area contributed by atoms with Crippen LogP contribution in [0.15, 0.2) is 0 Å². The average molecular weight is 203 g/mol. The SMILES string of the molecule is CCCS(=O)C(=O)N1CCCCC1. The van der Waals surface area contributed by atoms with E-state index in [0.717, 1.165) is 32.4 Å². The van der Waals surface area contributed by atoms with Gasteiger partial charge in [0.25, 0.3) is 0 Å². The van der Waals surface area contributed by atoms with Crippen LogP contribution in [0.25, 0.3) is 0 Å². The standard InChI is InChI=1S/C9H17NO2S/c1-2-8-13(12)9(11)10-6-4-3-5-7-10/h2-8H2,1H3. The molecule has 1 aliphatic heterocycles. The Morgan fingerprint density at radius 2 is 1.92 bits per heavy atom. The van der Waals surface area contributed by atoms with E-state index in [-0.39, 0.29) is 5.24 Å². The first-order valence-corrected chi connectivity index (χ1v) is 6.25. The highest BCUT2D eigenvalue weighted by atomic mass is 32.2. The van der Waals surface area contributed by atoms with E-state index in [1.165, 1.54) is 6.42 Å². The highest BCUT2D eigenvalue weighted by molar-refractivity contribution is 8.00. The minimum Gasteiger partial charge on any atom is -0.332 e. The number of likely N-dealkylation sites (tertiary alicyclic amines) is 1. The van der Waals surface area contributed by atoms with Crippen LogP contribution in [0.3, 0.4) is 0 Å². The molecule has 1 saturated heterocycles. The van der Waals surface area contributed by atoms with E-state index >= 15 is 0 Å². The Balaban J connectivity index is 2.40. The summed E-state index contributed by atoms with van der Waals surface area (Å²) in [5.74, 6) is 0.509. The molecule has 0 N–H and O–H groups in total. The van der Waals surface area contributed by atoms with Gasteiger partial charge in [-0.25, -0.2) is 4.21 Å². The Bertz CT molecular complexity index is 200. The lowest BCUT2D eigenvalue weighted by atomic mass is 10.1. The summed E-state index contributed by atoms with van der Waals surface area (Å²) in [5, 5.41) is -0.151. The number of hydrogen-bond acceptors (Lipinski definition) is 2. The molecule has 1 fully saturated rings. The van der Waals surface area contributed by atoms with Crippen molar-refractivity contribution in [1.29, 1.82) is 0 Å². The van der Waals surface area contributed by atoms with Gasteiger partial charge < -0.3 is 4.90 Å². The Hall–Kier alpha value is -0.380. The van der Waals surface area contributed by atoms with Gasteiger partial charge in [0, 0.05) is 18.8 Å². The topological polar surface area (TPSA) is 37.4 Å². The van der Waals surface area contributed by atoms with Crippen molar-refractivity contribution < 1.29 is 9.00 Å². The Kier molecular flexibility index (Phi) is 4.42. The maximum Gasteiger partial charge on any atom is 0.311 e. The van der Waals surface area contributed by atoms with Crippen molar-refractivity contribution in [2.24, 2.45) is 0 Å². The van der Waals surface area contributed by atoms with E-state index in [4.69, 9.17) is 0 Å². The second kappa shape index (κ2) is 5.37. The summed E-state index contributed by atoms with van der Waals surface area (Å²) in [4.78, 5) is 13.3. The molecule has 0 aromatic heterocycles. The first-order valence-electron chi connectivity index (χ1n) is 4.93. The fourth-order valence-electron chi connectivity index (χ4n) is 1.49. The van der Waals surface area contributed by atoms with Crippen LogP contribution in [0, 0.1) is 0 Å². The predicted molar refractivity (Wildman–Crippen MR) is 54.1 cm³/mol. The zero-order valence-electron chi connectivity index (χ0n) is 8.12. The maximum absolute atomic E-state index is 11.5. The molecule has 0 spiro atoms. The summed E-state index contributed by atoms with van der Waals surface area (Å²) in [6.45, 7) is 3.55. The van der Waals surface area contributed by atoms with Gasteiger partial charge in [0.2, 0.25) is 0 Å². The molecule has 1 unspecified atom stereocenters. The number of carbonyl (C=O) groups excluding carboxylic acids is 1. The Labute approximate surface area is 81.9 Å². The van der Waals surface area contributed by atoms with Crippen molar-refractivity contribution in [1.82, 2.24) is 4.90 Å². The quantitative estimate of drug-likeness (QED) is 0.685. The van der Waals surface area contributed by atoms with Crippen molar-refractivity contribution in [3.63, 3.8) is 0 Å². The average Bonchev–Trinajstić information content (AvgIpc) is 2.18. The molecular formula is C9H17NO2S. The lowest BCUT2D eigenvalue weighted by Gasteiger charge is -2.25. The molecule has 0 aromatic carbocycles. The van der Waals surface area contributed by atoms with Crippen molar-refractivity contribution in [2.75, 3.05) is 18.8 Å². The van der Waals surface area contributed by atoms with E-state index in [1.807, 2.05) is 6.92 Å². The molecule has 0 aromatic rings. The number of amides is 1. The van der Waals surface area contributed by atoms with E-state index in [0.29, 0.717) is 5.75 Å². The fraction of sp³-hybridized carbons (Fsp3) is 0.889. The fourth-order valence-corrected chi connectivity index (χ4v) is 2.51. The Morgan fingerprint density at radius 1 is 1.31 bits per heavy atom. The number of nitrogens with zero attached hydrogens (tertiary/aromatic N) is 1. The predicted octanol–water partition coefficient (Wildman–Crippen LogP) is 1.75. The molecule has 0 bridgehead atoms. The zero-order valence-corrected chi connectivity index (χ0v) is 8.94. The third-order valence-electron chi connectivity index (χ3n) is 2.20. The van der Waals surface area contributed by atoms with E-state index < -0.39 is 10.8 Å². The summed E-state index contributed by atoms with van der Waals surface area (Å²) in [6, 6.07) is 0. The summed E-state index contributed by atoms with van der Waals surface area (Å²) in [5.41, 5.74) is 0. The van der Waals surface area contributed by atoms with Gasteiger partial charge in [-0.2, -0.15) is 0 Å². The van der Waals surface area contributed by atoms with E-state index in [9.17, 15) is 9.00 Å². The second-order valence-electron chi connectivity index (χ2n) is 3.36. The number of carbonyl (C=O) groups is 1. The van der Waals surface area contributed by atoms with Crippen LogP contribution in [0.5, 0.6) is 0 Å². The lowest BCUT2D eigenvalue weighted by Crippen LogP contribution is -2.37. The van der Waals surface area contributed by atoms with Gasteiger partial charge in [-0.1, -0.05) is 6.92 Å². The van der Waals surface area contributed by atoms with Gasteiger partial charge in [0.15, 0.2) is 0 Å². The number of piperidine rings is 1. The molecular weight excluding hydrogens is 186 g/mol. The highest BCUT2D eigenvalue weighted by Crippen LogP contribution is 2.10. The van der Waals surface area contributed by atoms with E-state index in [2.05, 4.69) is 0 Å². The minimum atomic E-state index is -1.28. The largest absolute Gasteiger partial charge is 0.332 e. The molecule has 1 aliphatic rings. The molecule has 1 amide bonds. The molecule has 4 heteroatoms. The molecule has 1 atom stereocenters. The van der Waals surface area contributed by atoms with Crippen LogP contribution in [-0.2, 0) is 10.8 Å². The molecule has 0 aliphatic carbocycles. The third kappa shape index (κ3) is 3.10. The third-order valence-corrected chi connectivity index (χ3v) is 3.63. The maximum atomic E-state index is 11.5. The monoisotopic (exact) mass is 203 g/mol. The van der Waals surface area contributed by atoms with Crippen LogP contribution < -0.4 is 0 Å². The second-order valence-corrected chi connectivity index (χ2v) is 4.81. The Morgan fingerprint density at radius 3 is 2.46 bits per heavy atom. The van der Waals surface area contributed by atoms with Gasteiger partial charge in [0.05, 0.1) is 0 Å². The number of hydrogen-bond donors (Lipinski definition) is 0. The summed E-state index contributed by atoms with van der Waals surface area (Å²) < 4.78 is 11.4. The molecule has 0 radical (unpaired) electrons. The highest BCUT2D eigenvalue weighted by Gasteiger charge is 2.20. The summed E-state index contributed by atoms with van der Waals surface area (Å²) >= 11 is 0. The molecule has 0 saturated carbocycles. The van der Waals surface area contributed by atoms with Crippen LogP contribution >= 0.6 is 0 Å². The van der Waals surface area contributed by atoms with Crippen molar-refractivity contribution >= 4 is 16.0 Å². The zero-order chi connectivity index (χ0) is 9.68. The van der Waals surface area contributed by atoms with Gasteiger partial charge in [-0.3, -0.25) is 4.79 Å².